The average molecular weight is 462 g/mol. The van der Waals surface area contributed by atoms with Gasteiger partial charge in [-0.2, -0.15) is 0 Å². The molecule has 176 valence electrons. The molecular weight excluding hydrogens is 440 g/mol. The summed E-state index contributed by atoms with van der Waals surface area (Å²) in [7, 11) is 1.54. The summed E-state index contributed by atoms with van der Waals surface area (Å²) in [5.41, 5.74) is 1.04. The smallest absolute Gasteiger partial charge is 0.338 e. The molecule has 3 unspecified atom stereocenters. The van der Waals surface area contributed by atoms with Crippen molar-refractivity contribution in [1.82, 2.24) is 0 Å². The lowest BCUT2D eigenvalue weighted by Crippen LogP contribution is -2.74. The molecule has 6 N–H and O–H groups in total. The Morgan fingerprint density at radius 2 is 1.52 bits per heavy atom. The normalized spacial score (nSPS) is 23.8. The number of ether oxygens (including phenoxy) is 3. The van der Waals surface area contributed by atoms with Crippen LogP contribution in [0.25, 0.3) is 6.08 Å². The van der Waals surface area contributed by atoms with E-state index in [0.717, 1.165) is 5.56 Å². The second-order valence-corrected chi connectivity index (χ2v) is 7.27. The SMILES string of the molecule is COc1ccc(C=CC(=O)c2ccc(OC3OC(C(=O)O)C(O)(O)C(O)C3(O)O)cc2)cc1. The van der Waals surface area contributed by atoms with Crippen molar-refractivity contribution < 1.29 is 54.4 Å². The van der Waals surface area contributed by atoms with Crippen LogP contribution in [0.4, 0.5) is 0 Å². The van der Waals surface area contributed by atoms with Crippen LogP contribution in [0.5, 0.6) is 11.5 Å². The number of hydrogen-bond donors (Lipinski definition) is 6. The van der Waals surface area contributed by atoms with Gasteiger partial charge in [-0.1, -0.05) is 18.2 Å². The van der Waals surface area contributed by atoms with Gasteiger partial charge in [-0.15, -0.1) is 0 Å². The lowest BCUT2D eigenvalue weighted by Gasteiger charge is -2.47. The zero-order valence-corrected chi connectivity index (χ0v) is 17.2. The number of allylic oxidation sites excluding steroid dienone is 1. The number of carbonyl (C=O) groups excluding carboxylic acids is 1. The highest BCUT2D eigenvalue weighted by atomic mass is 16.8. The second kappa shape index (κ2) is 9.27. The molecule has 1 fully saturated rings. The zero-order chi connectivity index (χ0) is 24.4. The molecule has 1 heterocycles. The molecule has 0 amide bonds. The first-order valence-electron chi connectivity index (χ1n) is 9.55. The first kappa shape index (κ1) is 24.3. The number of rotatable bonds is 7. The van der Waals surface area contributed by atoms with Crippen molar-refractivity contribution in [2.75, 3.05) is 7.11 Å². The lowest BCUT2D eigenvalue weighted by atomic mass is 9.92. The second-order valence-electron chi connectivity index (χ2n) is 7.27. The van der Waals surface area contributed by atoms with Crippen molar-refractivity contribution >= 4 is 17.8 Å². The minimum Gasteiger partial charge on any atom is -0.497 e. The van der Waals surface area contributed by atoms with Gasteiger partial charge in [0.1, 0.15) is 11.5 Å². The first-order valence-corrected chi connectivity index (χ1v) is 9.55. The molecule has 1 aliphatic heterocycles. The van der Waals surface area contributed by atoms with Gasteiger partial charge in [0.05, 0.1) is 7.11 Å². The van der Waals surface area contributed by atoms with E-state index in [1.54, 1.807) is 37.5 Å². The van der Waals surface area contributed by atoms with Crippen molar-refractivity contribution in [2.24, 2.45) is 0 Å². The number of ketones is 1. The molecule has 2 aromatic carbocycles. The number of aliphatic hydroxyl groups is 5. The monoisotopic (exact) mass is 462 g/mol. The number of methoxy groups -OCH3 is 1. The largest absolute Gasteiger partial charge is 0.497 e. The molecule has 0 aliphatic carbocycles. The van der Waals surface area contributed by atoms with Crippen LogP contribution in [0.1, 0.15) is 15.9 Å². The number of aliphatic carboxylic acids is 1. The molecule has 11 heteroatoms. The van der Waals surface area contributed by atoms with Crippen molar-refractivity contribution in [2.45, 2.75) is 30.1 Å². The molecule has 0 saturated carbocycles. The summed E-state index contributed by atoms with van der Waals surface area (Å²) in [6.07, 6.45) is -4.43. The van der Waals surface area contributed by atoms with E-state index in [2.05, 4.69) is 0 Å². The number of benzene rings is 2. The highest BCUT2D eigenvalue weighted by Gasteiger charge is 2.65. The highest BCUT2D eigenvalue weighted by molar-refractivity contribution is 6.06. The van der Waals surface area contributed by atoms with Crippen molar-refractivity contribution in [1.29, 1.82) is 0 Å². The third-order valence-electron chi connectivity index (χ3n) is 4.95. The number of carbonyl (C=O) groups is 2. The van der Waals surface area contributed by atoms with E-state index in [1.807, 2.05) is 0 Å². The summed E-state index contributed by atoms with van der Waals surface area (Å²) in [6, 6.07) is 12.3. The Morgan fingerprint density at radius 3 is 2.06 bits per heavy atom. The maximum Gasteiger partial charge on any atom is 0.338 e. The maximum absolute atomic E-state index is 12.4. The van der Waals surface area contributed by atoms with Crippen LogP contribution < -0.4 is 9.47 Å². The fraction of sp³-hybridized carbons (Fsp3) is 0.273. The van der Waals surface area contributed by atoms with Crippen LogP contribution in [0, 0.1) is 0 Å². The van der Waals surface area contributed by atoms with E-state index in [1.165, 1.54) is 30.3 Å². The number of carboxylic acids is 1. The fourth-order valence-electron chi connectivity index (χ4n) is 3.07. The van der Waals surface area contributed by atoms with E-state index in [-0.39, 0.29) is 17.1 Å². The third kappa shape index (κ3) is 5.03. The Balaban J connectivity index is 1.71. The Hall–Kier alpha value is -3.32. The van der Waals surface area contributed by atoms with Crippen LogP contribution >= 0.6 is 0 Å². The molecule has 0 radical (unpaired) electrons. The van der Waals surface area contributed by atoms with Crippen LogP contribution in [-0.4, -0.2) is 79.6 Å². The van der Waals surface area contributed by atoms with Gasteiger partial charge in [-0.3, -0.25) is 4.79 Å². The minimum atomic E-state index is -3.50. The van der Waals surface area contributed by atoms with Gasteiger partial charge in [-0.05, 0) is 48.0 Å². The molecule has 3 rings (SSSR count). The number of carboxylic acid groups (broad SMARTS) is 1. The molecule has 1 saturated heterocycles. The van der Waals surface area contributed by atoms with E-state index in [4.69, 9.17) is 19.3 Å². The summed E-state index contributed by atoms with van der Waals surface area (Å²) in [5, 5.41) is 58.4. The first-order chi connectivity index (χ1) is 15.5. The molecule has 0 aromatic heterocycles. The summed E-state index contributed by atoms with van der Waals surface area (Å²) in [5.74, 6) is -8.49. The predicted octanol–water partition coefficient (Wildman–Crippen LogP) is -0.498. The van der Waals surface area contributed by atoms with Crippen LogP contribution in [0.2, 0.25) is 0 Å². The zero-order valence-electron chi connectivity index (χ0n) is 17.2. The molecular formula is C22H22O11. The van der Waals surface area contributed by atoms with Gasteiger partial charge in [0, 0.05) is 5.56 Å². The topological polar surface area (TPSA) is 183 Å². The van der Waals surface area contributed by atoms with Crippen molar-refractivity contribution in [3.8, 4) is 11.5 Å². The fourth-order valence-corrected chi connectivity index (χ4v) is 3.07. The number of aliphatic hydroxyl groups excluding tert-OH is 1. The molecule has 11 nitrogen and oxygen atoms in total. The van der Waals surface area contributed by atoms with Gasteiger partial charge in [0.25, 0.3) is 12.1 Å². The Labute approximate surface area is 187 Å². The standard InChI is InChI=1S/C22H22O11/c1-31-14-7-2-12(3-8-14)4-11-16(23)13-5-9-15(10-6-13)32-20-22(29,30)19(26)21(27,28)17(33-20)18(24)25/h2-11,17,19-20,26-30H,1H3,(H,24,25). The Kier molecular flexibility index (Phi) is 6.84. The quantitative estimate of drug-likeness (QED) is 0.177. The number of hydrogen-bond acceptors (Lipinski definition) is 10. The summed E-state index contributed by atoms with van der Waals surface area (Å²) in [4.78, 5) is 23.6. The molecule has 0 bridgehead atoms. The molecule has 0 spiro atoms. The maximum atomic E-state index is 12.4. The minimum absolute atomic E-state index is 0.0807. The third-order valence-corrected chi connectivity index (χ3v) is 4.95. The van der Waals surface area contributed by atoms with E-state index < -0.39 is 36.0 Å². The predicted molar refractivity (Wildman–Crippen MR) is 110 cm³/mol. The van der Waals surface area contributed by atoms with Crippen LogP contribution in [-0.2, 0) is 9.53 Å². The van der Waals surface area contributed by atoms with E-state index in [0.29, 0.717) is 5.75 Å². The van der Waals surface area contributed by atoms with E-state index >= 15 is 0 Å². The summed E-state index contributed by atoms with van der Waals surface area (Å²) < 4.78 is 15.0. The molecule has 2 aromatic rings. The summed E-state index contributed by atoms with van der Waals surface area (Å²) >= 11 is 0. The lowest BCUT2D eigenvalue weighted by molar-refractivity contribution is -0.440. The molecule has 33 heavy (non-hydrogen) atoms. The Morgan fingerprint density at radius 1 is 0.939 bits per heavy atom. The highest BCUT2D eigenvalue weighted by Crippen LogP contribution is 2.35. The van der Waals surface area contributed by atoms with Gasteiger partial charge < -0.3 is 44.8 Å². The molecule has 3 atom stereocenters. The van der Waals surface area contributed by atoms with Crippen molar-refractivity contribution in [3.05, 3.63) is 65.7 Å². The van der Waals surface area contributed by atoms with Crippen LogP contribution in [0.3, 0.4) is 0 Å². The van der Waals surface area contributed by atoms with E-state index in [9.17, 15) is 35.1 Å². The summed E-state index contributed by atoms with van der Waals surface area (Å²) in [6.45, 7) is 0. The average Bonchev–Trinajstić information content (AvgIpc) is 2.78. The van der Waals surface area contributed by atoms with Crippen molar-refractivity contribution in [3.63, 3.8) is 0 Å². The molecule has 1 aliphatic rings. The van der Waals surface area contributed by atoms with Crippen LogP contribution in [0.15, 0.2) is 54.6 Å². The van der Waals surface area contributed by atoms with Gasteiger partial charge >= 0.3 is 5.97 Å². The van der Waals surface area contributed by atoms with Gasteiger partial charge in [0.2, 0.25) is 11.9 Å². The van der Waals surface area contributed by atoms with Gasteiger partial charge in [-0.25, -0.2) is 4.79 Å². The van der Waals surface area contributed by atoms with Gasteiger partial charge in [0.15, 0.2) is 11.9 Å². The Bertz CT molecular complexity index is 1030.